The van der Waals surface area contributed by atoms with Gasteiger partial charge in [0.2, 0.25) is 0 Å². The lowest BCUT2D eigenvalue weighted by molar-refractivity contribution is 0.124. The van der Waals surface area contributed by atoms with Gasteiger partial charge in [0.15, 0.2) is 0 Å². The quantitative estimate of drug-likeness (QED) is 0.764. The molecular weight excluding hydrogens is 269 g/mol. The Morgan fingerprint density at radius 2 is 2.11 bits per heavy atom. The highest BCUT2D eigenvalue weighted by Crippen LogP contribution is 2.28. The summed E-state index contributed by atoms with van der Waals surface area (Å²) >= 11 is 11.9. The molecule has 0 amide bonds. The summed E-state index contributed by atoms with van der Waals surface area (Å²) in [5.41, 5.74) is 1.14. The van der Waals surface area contributed by atoms with E-state index in [1.54, 1.807) is 0 Å². The largest absolute Gasteiger partial charge is 0.380 e. The predicted molar refractivity (Wildman–Crippen MR) is 76.4 cm³/mol. The van der Waals surface area contributed by atoms with Gasteiger partial charge in [-0.05, 0) is 43.4 Å². The molecule has 18 heavy (non-hydrogen) atoms. The maximum absolute atomic E-state index is 6.00. The molecule has 0 heterocycles. The molecule has 1 fully saturated rings. The van der Waals surface area contributed by atoms with Crippen molar-refractivity contribution in [1.29, 1.82) is 0 Å². The summed E-state index contributed by atoms with van der Waals surface area (Å²) in [4.78, 5) is 0. The van der Waals surface area contributed by atoms with Crippen molar-refractivity contribution in [1.82, 2.24) is 5.32 Å². The highest BCUT2D eigenvalue weighted by Gasteiger charge is 2.20. The molecule has 0 radical (unpaired) electrons. The second-order valence-corrected chi connectivity index (χ2v) is 5.68. The van der Waals surface area contributed by atoms with Crippen LogP contribution in [0.2, 0.25) is 10.0 Å². The lowest BCUT2D eigenvalue weighted by Gasteiger charge is -2.15. The van der Waals surface area contributed by atoms with Gasteiger partial charge in [0.25, 0.3) is 0 Å². The monoisotopic (exact) mass is 287 g/mol. The van der Waals surface area contributed by atoms with Crippen molar-refractivity contribution in [3.63, 3.8) is 0 Å². The van der Waals surface area contributed by atoms with E-state index in [1.807, 2.05) is 18.2 Å². The Balaban J connectivity index is 1.69. The van der Waals surface area contributed by atoms with E-state index in [1.165, 1.54) is 12.8 Å². The molecule has 1 aliphatic carbocycles. The van der Waals surface area contributed by atoms with Gasteiger partial charge in [-0.25, -0.2) is 0 Å². The van der Waals surface area contributed by atoms with E-state index in [9.17, 15) is 0 Å². The van der Waals surface area contributed by atoms with Crippen LogP contribution in [0.25, 0.3) is 0 Å². The van der Waals surface area contributed by atoms with Crippen LogP contribution >= 0.6 is 23.2 Å². The molecule has 0 spiro atoms. The summed E-state index contributed by atoms with van der Waals surface area (Å²) in [6.07, 6.45) is 2.68. The molecule has 2 rings (SSSR count). The Morgan fingerprint density at radius 3 is 2.78 bits per heavy atom. The van der Waals surface area contributed by atoms with E-state index in [0.29, 0.717) is 10.0 Å². The fourth-order valence-corrected chi connectivity index (χ4v) is 2.09. The minimum atomic E-state index is 0.254. The number of halogens is 2. The number of rotatable bonds is 7. The van der Waals surface area contributed by atoms with Crippen LogP contribution in [0.1, 0.15) is 31.4 Å². The second kappa shape index (κ2) is 6.76. The average molecular weight is 288 g/mol. The minimum Gasteiger partial charge on any atom is -0.380 e. The maximum atomic E-state index is 6.00. The normalized spacial score (nSPS) is 16.8. The molecule has 1 atom stereocenters. The first-order chi connectivity index (χ1) is 8.66. The molecule has 1 aliphatic rings. The predicted octanol–water partition coefficient (Wildman–Crippen LogP) is 4.07. The Kier molecular flexibility index (Phi) is 5.31. The van der Waals surface area contributed by atoms with Crippen molar-refractivity contribution in [2.75, 3.05) is 19.8 Å². The van der Waals surface area contributed by atoms with E-state index in [0.717, 1.165) is 31.2 Å². The van der Waals surface area contributed by atoms with Gasteiger partial charge >= 0.3 is 0 Å². The van der Waals surface area contributed by atoms with Crippen LogP contribution in [-0.2, 0) is 4.74 Å². The van der Waals surface area contributed by atoms with E-state index < -0.39 is 0 Å². The van der Waals surface area contributed by atoms with Gasteiger partial charge in [0.1, 0.15) is 0 Å². The van der Waals surface area contributed by atoms with Crippen LogP contribution in [0, 0.1) is 5.92 Å². The minimum absolute atomic E-state index is 0.254. The topological polar surface area (TPSA) is 21.3 Å². The van der Waals surface area contributed by atoms with Crippen LogP contribution in [0.4, 0.5) is 0 Å². The van der Waals surface area contributed by atoms with Crippen molar-refractivity contribution >= 4 is 23.2 Å². The first-order valence-corrected chi connectivity index (χ1v) is 7.18. The molecule has 1 aromatic carbocycles. The number of hydrogen-bond donors (Lipinski definition) is 1. The van der Waals surface area contributed by atoms with E-state index >= 15 is 0 Å². The second-order valence-electron chi connectivity index (χ2n) is 4.87. The molecule has 1 saturated carbocycles. The number of ether oxygens (including phenoxy) is 1. The molecule has 1 N–H and O–H groups in total. The Labute approximate surface area is 119 Å². The highest BCUT2D eigenvalue weighted by atomic mass is 35.5. The molecule has 0 saturated heterocycles. The van der Waals surface area contributed by atoms with Gasteiger partial charge in [0.05, 0.1) is 16.7 Å². The first kappa shape index (κ1) is 14.1. The first-order valence-electron chi connectivity index (χ1n) is 6.43. The standard InChI is InChI=1S/C14H19Cl2NO/c1-10(12-4-5-13(15)14(16)8-12)17-6-7-18-9-11-2-3-11/h4-5,8,10-11,17H,2-3,6-7,9H2,1H3. The zero-order valence-corrected chi connectivity index (χ0v) is 12.1. The van der Waals surface area contributed by atoms with Crippen LogP contribution in [-0.4, -0.2) is 19.8 Å². The van der Waals surface area contributed by atoms with Gasteiger partial charge < -0.3 is 10.1 Å². The number of benzene rings is 1. The number of nitrogens with one attached hydrogen (secondary N) is 1. The lowest BCUT2D eigenvalue weighted by atomic mass is 10.1. The van der Waals surface area contributed by atoms with Gasteiger partial charge in [-0.2, -0.15) is 0 Å². The molecule has 0 aromatic heterocycles. The SMILES string of the molecule is CC(NCCOCC1CC1)c1ccc(Cl)c(Cl)c1. The van der Waals surface area contributed by atoms with Gasteiger partial charge in [-0.3, -0.25) is 0 Å². The molecule has 2 nitrogen and oxygen atoms in total. The van der Waals surface area contributed by atoms with Crippen molar-refractivity contribution in [2.45, 2.75) is 25.8 Å². The summed E-state index contributed by atoms with van der Waals surface area (Å²) < 4.78 is 5.58. The van der Waals surface area contributed by atoms with E-state index in [2.05, 4.69) is 12.2 Å². The van der Waals surface area contributed by atoms with Gasteiger partial charge in [0, 0.05) is 19.2 Å². The van der Waals surface area contributed by atoms with Crippen LogP contribution in [0.15, 0.2) is 18.2 Å². The summed E-state index contributed by atoms with van der Waals surface area (Å²) in [7, 11) is 0. The Bertz CT molecular complexity index is 393. The fraction of sp³-hybridized carbons (Fsp3) is 0.571. The third-order valence-electron chi connectivity index (χ3n) is 3.19. The molecule has 0 bridgehead atoms. The summed E-state index contributed by atoms with van der Waals surface area (Å²) in [5.74, 6) is 0.831. The molecule has 0 aliphatic heterocycles. The zero-order chi connectivity index (χ0) is 13.0. The molecule has 1 aromatic rings. The van der Waals surface area contributed by atoms with Crippen LogP contribution in [0.3, 0.4) is 0 Å². The maximum Gasteiger partial charge on any atom is 0.0595 e. The zero-order valence-electron chi connectivity index (χ0n) is 10.6. The van der Waals surface area contributed by atoms with E-state index in [4.69, 9.17) is 27.9 Å². The smallest absolute Gasteiger partial charge is 0.0595 e. The Hall–Kier alpha value is -0.280. The summed E-state index contributed by atoms with van der Waals surface area (Å²) in [5, 5.41) is 4.62. The van der Waals surface area contributed by atoms with Crippen molar-refractivity contribution in [3.05, 3.63) is 33.8 Å². The molecule has 4 heteroatoms. The number of hydrogen-bond acceptors (Lipinski definition) is 2. The van der Waals surface area contributed by atoms with Crippen LogP contribution < -0.4 is 5.32 Å². The average Bonchev–Trinajstić information content (AvgIpc) is 3.16. The molecule has 100 valence electrons. The summed E-state index contributed by atoms with van der Waals surface area (Å²) in [6.45, 7) is 4.65. The lowest BCUT2D eigenvalue weighted by Crippen LogP contribution is -2.23. The third-order valence-corrected chi connectivity index (χ3v) is 3.93. The van der Waals surface area contributed by atoms with Gasteiger partial charge in [-0.1, -0.05) is 29.3 Å². The van der Waals surface area contributed by atoms with Crippen molar-refractivity contribution in [2.24, 2.45) is 5.92 Å². The van der Waals surface area contributed by atoms with Crippen LogP contribution in [0.5, 0.6) is 0 Å². The fourth-order valence-electron chi connectivity index (χ4n) is 1.78. The molecular formula is C14H19Cl2NO. The van der Waals surface area contributed by atoms with Crippen molar-refractivity contribution in [3.8, 4) is 0 Å². The summed E-state index contributed by atoms with van der Waals surface area (Å²) in [6, 6.07) is 5.99. The Morgan fingerprint density at radius 1 is 1.33 bits per heavy atom. The molecule has 1 unspecified atom stereocenters. The van der Waals surface area contributed by atoms with Crippen molar-refractivity contribution < 1.29 is 4.74 Å². The highest BCUT2D eigenvalue weighted by molar-refractivity contribution is 6.42. The van der Waals surface area contributed by atoms with E-state index in [-0.39, 0.29) is 6.04 Å². The third kappa shape index (κ3) is 4.43. The van der Waals surface area contributed by atoms with Gasteiger partial charge in [-0.15, -0.1) is 0 Å².